The van der Waals surface area contributed by atoms with E-state index >= 15 is 0 Å². The molecule has 124 valence electrons. The molecule has 1 atom stereocenters. The molecule has 0 N–H and O–H groups in total. The largest absolute Gasteiger partial charge is 0.465 e. The molecule has 1 rings (SSSR count). The lowest BCUT2D eigenvalue weighted by atomic mass is 9.77. The van der Waals surface area contributed by atoms with Crippen LogP contribution in [0.5, 0.6) is 0 Å². The Hall–Kier alpha value is -1.89. The lowest BCUT2D eigenvalue weighted by molar-refractivity contribution is -0.177. The Bertz CT molecular complexity index is 455. The zero-order chi connectivity index (χ0) is 16.9. The van der Waals surface area contributed by atoms with Gasteiger partial charge in [0.2, 0.25) is 5.41 Å². The SMILES string of the molecule is C=C1CN(C)C(C(=O)OCC)C1(C(=O)OCC)C(=O)OCC. The molecule has 0 spiro atoms. The normalized spacial score (nSPS) is 20.5. The second-order valence-electron chi connectivity index (χ2n) is 4.92. The second-order valence-corrected chi connectivity index (χ2v) is 4.92. The van der Waals surface area contributed by atoms with Crippen molar-refractivity contribution in [3.63, 3.8) is 0 Å². The van der Waals surface area contributed by atoms with E-state index in [0.29, 0.717) is 0 Å². The fraction of sp³-hybridized carbons (Fsp3) is 0.667. The van der Waals surface area contributed by atoms with Crippen molar-refractivity contribution in [3.05, 3.63) is 12.2 Å². The summed E-state index contributed by atoms with van der Waals surface area (Å²) < 4.78 is 15.1. The third kappa shape index (κ3) is 2.85. The molecule has 22 heavy (non-hydrogen) atoms. The summed E-state index contributed by atoms with van der Waals surface area (Å²) in [5.41, 5.74) is -1.61. The van der Waals surface area contributed by atoms with Crippen molar-refractivity contribution in [2.75, 3.05) is 33.4 Å². The minimum atomic E-state index is -1.88. The maximum absolute atomic E-state index is 12.5. The number of rotatable bonds is 6. The van der Waals surface area contributed by atoms with Gasteiger partial charge in [-0.15, -0.1) is 0 Å². The van der Waals surface area contributed by atoms with Crippen LogP contribution in [0.25, 0.3) is 0 Å². The molecule has 1 unspecified atom stereocenters. The molecule has 0 aliphatic carbocycles. The molecule has 1 aliphatic rings. The topological polar surface area (TPSA) is 82.1 Å². The monoisotopic (exact) mass is 313 g/mol. The van der Waals surface area contributed by atoms with E-state index in [-0.39, 0.29) is 31.9 Å². The summed E-state index contributed by atoms with van der Waals surface area (Å²) >= 11 is 0. The quantitative estimate of drug-likeness (QED) is 0.306. The van der Waals surface area contributed by atoms with Gasteiger partial charge in [-0.05, 0) is 33.4 Å². The van der Waals surface area contributed by atoms with Gasteiger partial charge in [-0.2, -0.15) is 0 Å². The number of carbonyl (C=O) groups excluding carboxylic acids is 3. The van der Waals surface area contributed by atoms with Gasteiger partial charge in [0.15, 0.2) is 0 Å². The molecule has 7 nitrogen and oxygen atoms in total. The van der Waals surface area contributed by atoms with Gasteiger partial charge in [0.25, 0.3) is 0 Å². The highest BCUT2D eigenvalue weighted by Gasteiger charge is 2.65. The lowest BCUT2D eigenvalue weighted by Gasteiger charge is -2.31. The van der Waals surface area contributed by atoms with Crippen molar-refractivity contribution in [3.8, 4) is 0 Å². The Morgan fingerprint density at radius 3 is 1.95 bits per heavy atom. The third-order valence-electron chi connectivity index (χ3n) is 3.55. The van der Waals surface area contributed by atoms with Gasteiger partial charge >= 0.3 is 17.9 Å². The van der Waals surface area contributed by atoms with E-state index < -0.39 is 29.4 Å². The smallest absolute Gasteiger partial charge is 0.330 e. The Kier molecular flexibility index (Phi) is 6.11. The summed E-state index contributed by atoms with van der Waals surface area (Å²) in [5, 5.41) is 0. The number of hydrogen-bond acceptors (Lipinski definition) is 7. The van der Waals surface area contributed by atoms with E-state index in [1.54, 1.807) is 32.7 Å². The maximum atomic E-state index is 12.5. The molecule has 0 amide bonds. The number of likely N-dealkylation sites (tertiary alicyclic amines) is 1. The Morgan fingerprint density at radius 2 is 1.55 bits per heavy atom. The van der Waals surface area contributed by atoms with Gasteiger partial charge < -0.3 is 14.2 Å². The summed E-state index contributed by atoms with van der Waals surface area (Å²) in [6.07, 6.45) is 0. The average Bonchev–Trinajstić information content (AvgIpc) is 2.71. The Labute approximate surface area is 130 Å². The van der Waals surface area contributed by atoms with Crippen LogP contribution in [0, 0.1) is 5.41 Å². The first kappa shape index (κ1) is 18.2. The molecule has 1 aliphatic heterocycles. The zero-order valence-corrected chi connectivity index (χ0v) is 13.5. The Balaban J connectivity index is 3.40. The molecule has 1 saturated heterocycles. The number of carbonyl (C=O) groups is 3. The van der Waals surface area contributed by atoms with Gasteiger partial charge in [-0.3, -0.25) is 19.3 Å². The van der Waals surface area contributed by atoms with Gasteiger partial charge in [0, 0.05) is 6.54 Å². The summed E-state index contributed by atoms with van der Waals surface area (Å²) in [7, 11) is 1.62. The summed E-state index contributed by atoms with van der Waals surface area (Å²) in [5.74, 6) is -2.34. The van der Waals surface area contributed by atoms with E-state index in [0.717, 1.165) is 0 Å². The first-order valence-electron chi connectivity index (χ1n) is 7.27. The molecule has 1 heterocycles. The molecular weight excluding hydrogens is 290 g/mol. The third-order valence-corrected chi connectivity index (χ3v) is 3.55. The van der Waals surface area contributed by atoms with E-state index in [4.69, 9.17) is 14.2 Å². The highest BCUT2D eigenvalue weighted by molar-refractivity contribution is 6.09. The second kappa shape index (κ2) is 7.40. The standard InChI is InChI=1S/C15H23NO6/c1-6-20-12(17)11-15(13(18)21-7-2,14(19)22-8-3)10(4)9-16(11)5/h11H,4,6-9H2,1-3,5H3. The van der Waals surface area contributed by atoms with Crippen molar-refractivity contribution in [2.24, 2.45) is 5.41 Å². The molecule has 1 fully saturated rings. The van der Waals surface area contributed by atoms with Crippen molar-refractivity contribution >= 4 is 17.9 Å². The van der Waals surface area contributed by atoms with Crippen molar-refractivity contribution in [1.29, 1.82) is 0 Å². The van der Waals surface area contributed by atoms with Crippen molar-refractivity contribution in [2.45, 2.75) is 26.8 Å². The van der Waals surface area contributed by atoms with Crippen LogP contribution in [0.2, 0.25) is 0 Å². The van der Waals surface area contributed by atoms with Crippen LogP contribution in [0.4, 0.5) is 0 Å². The van der Waals surface area contributed by atoms with E-state index in [1.165, 1.54) is 0 Å². The van der Waals surface area contributed by atoms with Crippen LogP contribution in [0.15, 0.2) is 12.2 Å². The number of likely N-dealkylation sites (N-methyl/N-ethyl adjacent to an activating group) is 1. The van der Waals surface area contributed by atoms with E-state index in [2.05, 4.69) is 6.58 Å². The van der Waals surface area contributed by atoms with Gasteiger partial charge in [0.05, 0.1) is 19.8 Å². The van der Waals surface area contributed by atoms with Crippen LogP contribution in [0.3, 0.4) is 0 Å². The van der Waals surface area contributed by atoms with Gasteiger partial charge in [-0.1, -0.05) is 6.58 Å². The average molecular weight is 313 g/mol. The van der Waals surface area contributed by atoms with Crippen LogP contribution < -0.4 is 0 Å². The van der Waals surface area contributed by atoms with Crippen LogP contribution in [-0.2, 0) is 28.6 Å². The molecule has 0 aromatic carbocycles. The maximum Gasteiger partial charge on any atom is 0.330 e. The minimum Gasteiger partial charge on any atom is -0.465 e. The number of nitrogens with zero attached hydrogens (tertiary/aromatic N) is 1. The molecule has 0 aromatic rings. The fourth-order valence-corrected chi connectivity index (χ4v) is 2.70. The molecule has 7 heteroatoms. The van der Waals surface area contributed by atoms with Crippen LogP contribution >= 0.6 is 0 Å². The van der Waals surface area contributed by atoms with E-state index in [1.807, 2.05) is 0 Å². The Morgan fingerprint density at radius 1 is 1.09 bits per heavy atom. The first-order valence-corrected chi connectivity index (χ1v) is 7.27. The highest BCUT2D eigenvalue weighted by Crippen LogP contribution is 2.43. The predicted molar refractivity (Wildman–Crippen MR) is 77.9 cm³/mol. The summed E-state index contributed by atoms with van der Waals surface area (Å²) in [6.45, 7) is 9.19. The number of esters is 3. The number of ether oxygens (including phenoxy) is 3. The van der Waals surface area contributed by atoms with Crippen LogP contribution in [0.1, 0.15) is 20.8 Å². The number of hydrogen-bond donors (Lipinski definition) is 0. The lowest BCUT2D eigenvalue weighted by Crippen LogP contribution is -2.55. The highest BCUT2D eigenvalue weighted by atomic mass is 16.6. The van der Waals surface area contributed by atoms with Gasteiger partial charge in [-0.25, -0.2) is 0 Å². The van der Waals surface area contributed by atoms with Crippen molar-refractivity contribution in [1.82, 2.24) is 4.90 Å². The summed E-state index contributed by atoms with van der Waals surface area (Å²) in [4.78, 5) is 38.9. The van der Waals surface area contributed by atoms with Gasteiger partial charge in [0.1, 0.15) is 6.04 Å². The molecule has 0 radical (unpaired) electrons. The molecule has 0 aromatic heterocycles. The molecular formula is C15H23NO6. The predicted octanol–water partition coefficient (Wildman–Crippen LogP) is 0.532. The molecule has 0 bridgehead atoms. The molecule has 0 saturated carbocycles. The first-order chi connectivity index (χ1) is 10.4. The van der Waals surface area contributed by atoms with E-state index in [9.17, 15) is 14.4 Å². The zero-order valence-electron chi connectivity index (χ0n) is 13.5. The minimum absolute atomic E-state index is 0.0759. The summed E-state index contributed by atoms with van der Waals surface area (Å²) in [6, 6.07) is -1.14. The van der Waals surface area contributed by atoms with Crippen LogP contribution in [-0.4, -0.2) is 62.3 Å². The van der Waals surface area contributed by atoms with Crippen molar-refractivity contribution < 1.29 is 28.6 Å². The fourth-order valence-electron chi connectivity index (χ4n) is 2.70.